The minimum absolute atomic E-state index is 0.0515. The van der Waals surface area contributed by atoms with Gasteiger partial charge in [0.15, 0.2) is 0 Å². The number of esters is 1. The first-order valence-electron chi connectivity index (χ1n) is 12.3. The van der Waals surface area contributed by atoms with E-state index in [0.29, 0.717) is 6.42 Å². The van der Waals surface area contributed by atoms with Crippen molar-refractivity contribution in [3.05, 3.63) is 63.1 Å². The van der Waals surface area contributed by atoms with Gasteiger partial charge in [0, 0.05) is 17.6 Å². The van der Waals surface area contributed by atoms with Gasteiger partial charge < -0.3 is 20.9 Å². The van der Waals surface area contributed by atoms with Gasteiger partial charge >= 0.3 is 5.97 Å². The highest BCUT2D eigenvalue weighted by atomic mass is 35.5. The second kappa shape index (κ2) is 10.6. The highest BCUT2D eigenvalue weighted by molar-refractivity contribution is 6.31. The van der Waals surface area contributed by atoms with Crippen molar-refractivity contribution in [1.82, 2.24) is 5.32 Å². The van der Waals surface area contributed by atoms with Crippen LogP contribution in [-0.2, 0) is 24.5 Å². The molecule has 5 N–H and O–H groups in total. The largest absolute Gasteiger partial charge is 0.462 e. The van der Waals surface area contributed by atoms with E-state index in [2.05, 4.69) is 10.6 Å². The molecule has 1 fully saturated rings. The third-order valence-corrected chi connectivity index (χ3v) is 7.71. The van der Waals surface area contributed by atoms with E-state index < -0.39 is 77.4 Å². The normalized spacial score (nSPS) is 24.9. The van der Waals surface area contributed by atoms with Crippen LogP contribution in [0.3, 0.4) is 0 Å². The molecule has 0 radical (unpaired) electrons. The van der Waals surface area contributed by atoms with Crippen LogP contribution in [0.2, 0.25) is 10.0 Å². The number of amides is 2. The molecular weight excluding hydrogens is 555 g/mol. The molecule has 2 heterocycles. The summed E-state index contributed by atoms with van der Waals surface area (Å²) < 4.78 is 35.9. The van der Waals surface area contributed by atoms with Crippen LogP contribution in [0.15, 0.2) is 30.3 Å². The van der Waals surface area contributed by atoms with Crippen molar-refractivity contribution in [2.75, 3.05) is 11.9 Å². The van der Waals surface area contributed by atoms with E-state index in [0.717, 1.165) is 6.07 Å². The SMILES string of the molecule is CC(C)(C)CC1NC(C(=O)OCC(O)CC(N)=O)C(c2cccc(Cl)c2F)C12C(=O)Nc1cc(Cl)c(F)cc12. The molecule has 39 heavy (non-hydrogen) atoms. The van der Waals surface area contributed by atoms with E-state index >= 15 is 4.39 Å². The molecule has 12 heteroatoms. The van der Waals surface area contributed by atoms with E-state index in [9.17, 15) is 23.9 Å². The smallest absolute Gasteiger partial charge is 0.323 e. The Morgan fingerprint density at radius 3 is 2.54 bits per heavy atom. The summed E-state index contributed by atoms with van der Waals surface area (Å²) in [4.78, 5) is 38.6. The van der Waals surface area contributed by atoms with E-state index in [4.69, 9.17) is 33.7 Å². The summed E-state index contributed by atoms with van der Waals surface area (Å²) in [6.45, 7) is 5.23. The minimum atomic E-state index is -1.67. The molecule has 4 rings (SSSR count). The maximum Gasteiger partial charge on any atom is 0.323 e. The van der Waals surface area contributed by atoms with Gasteiger partial charge in [-0.05, 0) is 41.2 Å². The topological polar surface area (TPSA) is 131 Å². The first-order valence-corrected chi connectivity index (χ1v) is 13.1. The number of hydrogen-bond donors (Lipinski definition) is 4. The van der Waals surface area contributed by atoms with Crippen LogP contribution in [0.5, 0.6) is 0 Å². The summed E-state index contributed by atoms with van der Waals surface area (Å²) >= 11 is 12.1. The lowest BCUT2D eigenvalue weighted by molar-refractivity contribution is -0.150. The lowest BCUT2D eigenvalue weighted by Gasteiger charge is -2.37. The zero-order valence-electron chi connectivity index (χ0n) is 21.5. The van der Waals surface area contributed by atoms with Crippen molar-refractivity contribution in [1.29, 1.82) is 0 Å². The molecule has 2 amide bonds. The van der Waals surface area contributed by atoms with E-state index in [1.807, 2.05) is 20.8 Å². The molecule has 0 aliphatic carbocycles. The molecule has 2 aromatic rings. The third kappa shape index (κ3) is 5.35. The fraction of sp³-hybridized carbons (Fsp3) is 0.444. The Kier molecular flexibility index (Phi) is 7.97. The number of aliphatic hydroxyl groups is 1. The average molecular weight is 584 g/mol. The Morgan fingerprint density at radius 1 is 1.21 bits per heavy atom. The molecule has 8 nitrogen and oxygen atoms in total. The lowest BCUT2D eigenvalue weighted by Crippen LogP contribution is -2.49. The van der Waals surface area contributed by atoms with Crippen molar-refractivity contribution in [2.45, 2.75) is 63.1 Å². The Balaban J connectivity index is 1.92. The maximum atomic E-state index is 15.7. The quantitative estimate of drug-likeness (QED) is 0.367. The summed E-state index contributed by atoms with van der Waals surface area (Å²) in [7, 11) is 0. The fourth-order valence-corrected chi connectivity index (χ4v) is 6.05. The highest BCUT2D eigenvalue weighted by Crippen LogP contribution is 2.57. The Morgan fingerprint density at radius 2 is 1.90 bits per heavy atom. The molecule has 210 valence electrons. The highest BCUT2D eigenvalue weighted by Gasteiger charge is 2.66. The van der Waals surface area contributed by atoms with Crippen LogP contribution in [0.4, 0.5) is 14.5 Å². The number of carbonyl (C=O) groups is 3. The second-order valence-corrected chi connectivity index (χ2v) is 12.0. The van der Waals surface area contributed by atoms with Gasteiger partial charge in [0.05, 0.1) is 22.6 Å². The van der Waals surface area contributed by atoms with E-state index in [1.54, 1.807) is 0 Å². The van der Waals surface area contributed by atoms with Crippen LogP contribution in [0, 0.1) is 17.0 Å². The number of fused-ring (bicyclic) bond motifs is 2. The number of rotatable bonds is 7. The van der Waals surface area contributed by atoms with Gasteiger partial charge in [-0.15, -0.1) is 0 Å². The molecule has 2 aliphatic rings. The first kappa shape index (κ1) is 29.2. The summed E-state index contributed by atoms with van der Waals surface area (Å²) in [5.41, 5.74) is 3.43. The summed E-state index contributed by atoms with van der Waals surface area (Å²) in [5.74, 6) is -5.15. The van der Waals surface area contributed by atoms with Crippen molar-refractivity contribution < 1.29 is 33.0 Å². The summed E-state index contributed by atoms with van der Waals surface area (Å²) in [6, 6.07) is 4.53. The van der Waals surface area contributed by atoms with E-state index in [1.165, 1.54) is 24.3 Å². The summed E-state index contributed by atoms with van der Waals surface area (Å²) in [6.07, 6.45) is -1.48. The lowest BCUT2D eigenvalue weighted by atomic mass is 9.62. The maximum absolute atomic E-state index is 15.7. The van der Waals surface area contributed by atoms with Gasteiger partial charge in [-0.25, -0.2) is 8.78 Å². The van der Waals surface area contributed by atoms with Gasteiger partial charge in [-0.2, -0.15) is 0 Å². The number of ether oxygens (including phenoxy) is 1. The molecule has 0 bridgehead atoms. The minimum Gasteiger partial charge on any atom is -0.462 e. The van der Waals surface area contributed by atoms with Crippen molar-refractivity contribution in [3.8, 4) is 0 Å². The van der Waals surface area contributed by atoms with Crippen molar-refractivity contribution >= 4 is 46.7 Å². The molecule has 1 spiro atoms. The molecule has 0 saturated carbocycles. The first-order chi connectivity index (χ1) is 18.2. The number of halogens is 4. The predicted octanol–water partition coefficient (Wildman–Crippen LogP) is 3.80. The summed E-state index contributed by atoms with van der Waals surface area (Å²) in [5, 5.41) is 15.5. The van der Waals surface area contributed by atoms with Gasteiger partial charge in [0.1, 0.15) is 29.7 Å². The number of nitrogens with one attached hydrogen (secondary N) is 2. The molecule has 1 saturated heterocycles. The van der Waals surface area contributed by atoms with Crippen LogP contribution in [-0.4, -0.2) is 47.7 Å². The molecule has 5 atom stereocenters. The number of primary amides is 1. The Bertz CT molecular complexity index is 1340. The molecular formula is C27H29Cl2F2N3O5. The zero-order chi connectivity index (χ0) is 28.9. The molecule has 5 unspecified atom stereocenters. The van der Waals surface area contributed by atoms with E-state index in [-0.39, 0.29) is 26.9 Å². The molecule has 2 aliphatic heterocycles. The van der Waals surface area contributed by atoms with Gasteiger partial charge in [0.2, 0.25) is 11.8 Å². The molecule has 2 aromatic carbocycles. The Hall–Kier alpha value is -2.79. The van der Waals surface area contributed by atoms with Crippen molar-refractivity contribution in [3.63, 3.8) is 0 Å². The second-order valence-electron chi connectivity index (χ2n) is 11.2. The third-order valence-electron chi connectivity index (χ3n) is 7.13. The van der Waals surface area contributed by atoms with Crippen LogP contribution < -0.4 is 16.4 Å². The standard InChI is InChI=1S/C27H29Cl2F2N3O5/c1-26(2,3)10-19-27(14-8-17(30)16(29)9-18(14)33-25(27)38)21(13-5-4-6-15(28)22(13)31)23(34-19)24(37)39-11-12(35)7-20(32)36/h4-6,8-9,12,19,21,23,34-35H,7,10-11H2,1-3H3,(H2,32,36)(H,33,38). The monoisotopic (exact) mass is 583 g/mol. The number of nitrogens with two attached hydrogens (primary N) is 1. The predicted molar refractivity (Wildman–Crippen MR) is 141 cm³/mol. The van der Waals surface area contributed by atoms with Gasteiger partial charge in [0.25, 0.3) is 0 Å². The zero-order valence-corrected chi connectivity index (χ0v) is 23.0. The number of anilines is 1. The number of hydrogen-bond acceptors (Lipinski definition) is 6. The van der Waals surface area contributed by atoms with Crippen LogP contribution in [0.25, 0.3) is 0 Å². The fourth-order valence-electron chi connectivity index (χ4n) is 5.70. The number of carbonyl (C=O) groups excluding carboxylic acids is 3. The Labute approximate surface area is 234 Å². The van der Waals surface area contributed by atoms with Gasteiger partial charge in [-0.1, -0.05) is 56.1 Å². The van der Waals surface area contributed by atoms with Crippen LogP contribution >= 0.6 is 23.2 Å². The number of aliphatic hydroxyl groups excluding tert-OH is 1. The molecule has 0 aromatic heterocycles. The van der Waals surface area contributed by atoms with Crippen molar-refractivity contribution in [2.24, 2.45) is 11.1 Å². The van der Waals surface area contributed by atoms with Crippen LogP contribution in [0.1, 0.15) is 50.7 Å². The number of benzene rings is 2. The van der Waals surface area contributed by atoms with Gasteiger partial charge in [-0.3, -0.25) is 19.7 Å². The average Bonchev–Trinajstić information content (AvgIpc) is 3.28.